The lowest BCUT2D eigenvalue weighted by Crippen LogP contribution is -2.31. The van der Waals surface area contributed by atoms with E-state index in [-0.39, 0.29) is 17.3 Å². The van der Waals surface area contributed by atoms with Crippen LogP contribution in [-0.4, -0.2) is 23.1 Å². The first-order chi connectivity index (χ1) is 7.70. The number of hydrogen-bond donors (Lipinski definition) is 2. The fourth-order valence-electron chi connectivity index (χ4n) is 1.11. The second kappa shape index (κ2) is 4.60. The molecule has 0 amide bonds. The maximum absolute atomic E-state index is 12.3. The van der Waals surface area contributed by atoms with Crippen molar-refractivity contribution in [1.82, 2.24) is 4.98 Å². The summed E-state index contributed by atoms with van der Waals surface area (Å²) in [6.07, 6.45) is -6.36. The number of nitrogens with one attached hydrogen (secondary N) is 1. The van der Waals surface area contributed by atoms with Gasteiger partial charge in [-0.05, 0) is 13.8 Å². The Hall–Kier alpha value is -1.79. The number of halogens is 3. The van der Waals surface area contributed by atoms with Crippen molar-refractivity contribution >= 4 is 5.84 Å². The molecule has 0 bridgehead atoms. The molecule has 3 N–H and O–H groups in total. The standard InChI is InChI=1S/C10H12F3N3O/c1-5-3-7(4-8(16-5)9(14)15)17-6(2)10(11,12)13/h3-4,6H,1-2H3,(H3,14,15). The number of aryl methyl sites for hydroxylation is 1. The van der Waals surface area contributed by atoms with E-state index in [9.17, 15) is 13.2 Å². The lowest BCUT2D eigenvalue weighted by molar-refractivity contribution is -0.189. The third-order valence-electron chi connectivity index (χ3n) is 1.98. The van der Waals surface area contributed by atoms with Crippen molar-refractivity contribution < 1.29 is 17.9 Å². The van der Waals surface area contributed by atoms with Crippen LogP contribution >= 0.6 is 0 Å². The molecule has 94 valence electrons. The van der Waals surface area contributed by atoms with Gasteiger partial charge >= 0.3 is 6.18 Å². The van der Waals surface area contributed by atoms with Crippen molar-refractivity contribution in [3.63, 3.8) is 0 Å². The molecule has 0 saturated carbocycles. The minimum absolute atomic E-state index is 0.00692. The van der Waals surface area contributed by atoms with Crippen molar-refractivity contribution in [2.45, 2.75) is 26.1 Å². The summed E-state index contributed by atoms with van der Waals surface area (Å²) in [5.41, 5.74) is 5.74. The molecular formula is C10H12F3N3O. The van der Waals surface area contributed by atoms with Crippen LogP contribution in [0.25, 0.3) is 0 Å². The molecule has 17 heavy (non-hydrogen) atoms. The number of nitrogens with two attached hydrogens (primary N) is 1. The second-order valence-corrected chi connectivity index (χ2v) is 3.54. The van der Waals surface area contributed by atoms with Crippen LogP contribution in [0.4, 0.5) is 13.2 Å². The summed E-state index contributed by atoms with van der Waals surface area (Å²) < 4.78 is 41.6. The van der Waals surface area contributed by atoms with E-state index < -0.39 is 12.3 Å². The van der Waals surface area contributed by atoms with Crippen molar-refractivity contribution in [2.75, 3.05) is 0 Å². The van der Waals surface area contributed by atoms with Gasteiger partial charge in [0.2, 0.25) is 0 Å². The zero-order chi connectivity index (χ0) is 13.2. The molecule has 1 rings (SSSR count). The molecule has 1 unspecified atom stereocenters. The first-order valence-electron chi connectivity index (χ1n) is 4.76. The fourth-order valence-corrected chi connectivity index (χ4v) is 1.11. The van der Waals surface area contributed by atoms with Crippen LogP contribution in [0, 0.1) is 12.3 Å². The van der Waals surface area contributed by atoms with Crippen molar-refractivity contribution in [3.8, 4) is 5.75 Å². The van der Waals surface area contributed by atoms with E-state index in [1.165, 1.54) is 12.1 Å². The number of nitrogen functional groups attached to an aromatic ring is 1. The lowest BCUT2D eigenvalue weighted by atomic mass is 10.2. The van der Waals surface area contributed by atoms with E-state index >= 15 is 0 Å². The third kappa shape index (κ3) is 3.61. The second-order valence-electron chi connectivity index (χ2n) is 3.54. The Morgan fingerprint density at radius 1 is 1.47 bits per heavy atom. The number of pyridine rings is 1. The average Bonchev–Trinajstić information content (AvgIpc) is 2.14. The molecule has 1 atom stereocenters. The topological polar surface area (TPSA) is 72.0 Å². The van der Waals surface area contributed by atoms with Gasteiger partial charge < -0.3 is 10.5 Å². The first-order valence-corrected chi connectivity index (χ1v) is 4.76. The minimum atomic E-state index is -4.44. The lowest BCUT2D eigenvalue weighted by Gasteiger charge is -2.18. The molecule has 0 saturated heterocycles. The summed E-state index contributed by atoms with van der Waals surface area (Å²) in [6.45, 7) is 2.49. The number of hydrogen-bond acceptors (Lipinski definition) is 3. The van der Waals surface area contributed by atoms with Crippen LogP contribution in [0.2, 0.25) is 0 Å². The number of alkyl halides is 3. The summed E-state index contributed by atoms with van der Waals surface area (Å²) in [4.78, 5) is 3.89. The molecular weight excluding hydrogens is 235 g/mol. The molecule has 0 aliphatic heterocycles. The number of rotatable bonds is 3. The molecule has 1 aromatic heterocycles. The monoisotopic (exact) mass is 247 g/mol. The minimum Gasteiger partial charge on any atom is -0.481 e. The normalized spacial score (nSPS) is 13.2. The molecule has 0 radical (unpaired) electrons. The highest BCUT2D eigenvalue weighted by Crippen LogP contribution is 2.25. The van der Waals surface area contributed by atoms with Crippen LogP contribution in [0.1, 0.15) is 18.3 Å². The fraction of sp³-hybridized carbons (Fsp3) is 0.400. The summed E-state index contributed by atoms with van der Waals surface area (Å²) in [5.74, 6) is -0.328. The predicted molar refractivity (Wildman–Crippen MR) is 56.1 cm³/mol. The van der Waals surface area contributed by atoms with Gasteiger partial charge in [0, 0.05) is 17.8 Å². The van der Waals surface area contributed by atoms with Crippen molar-refractivity contribution in [3.05, 3.63) is 23.5 Å². The molecule has 0 aliphatic carbocycles. The Balaban J connectivity index is 2.96. The summed E-state index contributed by atoms with van der Waals surface area (Å²) in [7, 11) is 0. The van der Waals surface area contributed by atoms with Crippen LogP contribution in [0.15, 0.2) is 12.1 Å². The van der Waals surface area contributed by atoms with Gasteiger partial charge in [-0.1, -0.05) is 0 Å². The van der Waals surface area contributed by atoms with Crippen LogP contribution in [0.3, 0.4) is 0 Å². The maximum Gasteiger partial charge on any atom is 0.425 e. The molecule has 7 heteroatoms. The van der Waals surface area contributed by atoms with Crippen LogP contribution in [-0.2, 0) is 0 Å². The van der Waals surface area contributed by atoms with Gasteiger partial charge in [0.15, 0.2) is 6.10 Å². The molecule has 0 aromatic carbocycles. The van der Waals surface area contributed by atoms with E-state index in [4.69, 9.17) is 15.9 Å². The molecule has 0 fully saturated rings. The molecule has 0 aliphatic rings. The van der Waals surface area contributed by atoms with E-state index in [0.717, 1.165) is 6.92 Å². The van der Waals surface area contributed by atoms with E-state index in [1.54, 1.807) is 6.92 Å². The largest absolute Gasteiger partial charge is 0.481 e. The summed E-state index contributed by atoms with van der Waals surface area (Å²) in [6, 6.07) is 2.56. The van der Waals surface area contributed by atoms with Gasteiger partial charge in [0.25, 0.3) is 0 Å². The predicted octanol–water partition coefficient (Wildman–Crippen LogP) is 2.00. The van der Waals surface area contributed by atoms with Crippen LogP contribution in [0.5, 0.6) is 5.75 Å². The van der Waals surface area contributed by atoms with Crippen LogP contribution < -0.4 is 10.5 Å². The zero-order valence-corrected chi connectivity index (χ0v) is 9.30. The third-order valence-corrected chi connectivity index (χ3v) is 1.98. The summed E-state index contributed by atoms with van der Waals surface area (Å²) >= 11 is 0. The Morgan fingerprint density at radius 2 is 2.06 bits per heavy atom. The van der Waals surface area contributed by atoms with E-state index in [0.29, 0.717) is 5.69 Å². The van der Waals surface area contributed by atoms with E-state index in [2.05, 4.69) is 4.98 Å². The quantitative estimate of drug-likeness (QED) is 0.633. The highest BCUT2D eigenvalue weighted by molar-refractivity contribution is 5.93. The average molecular weight is 247 g/mol. The smallest absolute Gasteiger partial charge is 0.425 e. The van der Waals surface area contributed by atoms with Gasteiger partial charge in [0.1, 0.15) is 17.3 Å². The highest BCUT2D eigenvalue weighted by atomic mass is 19.4. The van der Waals surface area contributed by atoms with E-state index in [1.807, 2.05) is 0 Å². The number of amidine groups is 1. The first kappa shape index (κ1) is 13.3. The van der Waals surface area contributed by atoms with Gasteiger partial charge in [-0.2, -0.15) is 13.2 Å². The Bertz CT molecular complexity index is 431. The Morgan fingerprint density at radius 3 is 2.53 bits per heavy atom. The molecule has 1 heterocycles. The summed E-state index contributed by atoms with van der Waals surface area (Å²) in [5, 5.41) is 7.17. The molecule has 4 nitrogen and oxygen atoms in total. The Kier molecular flexibility index (Phi) is 3.59. The Labute approximate surface area is 96.1 Å². The number of nitrogens with zero attached hydrogens (tertiary/aromatic N) is 1. The molecule has 0 spiro atoms. The van der Waals surface area contributed by atoms with Gasteiger partial charge in [0.05, 0.1) is 0 Å². The van der Waals surface area contributed by atoms with Crippen molar-refractivity contribution in [2.24, 2.45) is 5.73 Å². The van der Waals surface area contributed by atoms with Gasteiger partial charge in [-0.3, -0.25) is 5.41 Å². The SMILES string of the molecule is Cc1cc(OC(C)C(F)(F)F)cc(C(=N)N)n1. The zero-order valence-electron chi connectivity index (χ0n) is 9.30. The molecule has 1 aromatic rings. The number of ether oxygens (including phenoxy) is 1. The maximum atomic E-state index is 12.3. The number of aromatic nitrogens is 1. The van der Waals surface area contributed by atoms with Crippen molar-refractivity contribution in [1.29, 1.82) is 5.41 Å². The van der Waals surface area contributed by atoms with Gasteiger partial charge in [-0.15, -0.1) is 0 Å². The van der Waals surface area contributed by atoms with Gasteiger partial charge in [-0.25, -0.2) is 4.98 Å². The highest BCUT2D eigenvalue weighted by Gasteiger charge is 2.38.